The molecule has 1 aromatic rings. The van der Waals surface area contributed by atoms with Gasteiger partial charge >= 0.3 is 0 Å². The molecule has 3 nitrogen and oxygen atoms in total. The molecular weight excluding hydrogens is 220 g/mol. The maximum atomic E-state index is 10.9. The lowest BCUT2D eigenvalue weighted by molar-refractivity contribution is -0.121. The lowest BCUT2D eigenvalue weighted by atomic mass is 10.1. The molecule has 62 valence electrons. The molecule has 1 amide bonds. The summed E-state index contributed by atoms with van der Waals surface area (Å²) in [7, 11) is 0. The van der Waals surface area contributed by atoms with E-state index in [1.165, 1.54) is 0 Å². The Balaban J connectivity index is 2.43. The number of amides is 1. The van der Waals surface area contributed by atoms with Crippen molar-refractivity contribution in [3.8, 4) is 0 Å². The molecule has 0 saturated carbocycles. The van der Waals surface area contributed by atoms with E-state index in [9.17, 15) is 4.79 Å². The Bertz CT molecular complexity index is 338. The maximum absolute atomic E-state index is 10.9. The molecule has 12 heavy (non-hydrogen) atoms. The van der Waals surface area contributed by atoms with Gasteiger partial charge in [0.2, 0.25) is 5.91 Å². The standard InChI is InChI=1S/C8H7BrN2O/c9-6-1-5-3-11-8(12)2-7(5)10-4-6/h1,4H,2-3H2,(H,11,12). The first kappa shape index (κ1) is 7.73. The second-order valence-electron chi connectivity index (χ2n) is 2.71. The first-order valence-electron chi connectivity index (χ1n) is 3.66. The molecule has 0 bridgehead atoms. The van der Waals surface area contributed by atoms with E-state index in [2.05, 4.69) is 26.2 Å². The summed E-state index contributed by atoms with van der Waals surface area (Å²) < 4.78 is 0.956. The predicted octanol–water partition coefficient (Wildman–Crippen LogP) is 1.02. The van der Waals surface area contributed by atoms with Crippen LogP contribution in [-0.4, -0.2) is 10.9 Å². The first-order valence-corrected chi connectivity index (χ1v) is 4.45. The fraction of sp³-hybridized carbons (Fsp3) is 0.250. The second kappa shape index (κ2) is 2.86. The van der Waals surface area contributed by atoms with Gasteiger partial charge in [-0.3, -0.25) is 9.78 Å². The van der Waals surface area contributed by atoms with Crippen LogP contribution >= 0.6 is 15.9 Å². The number of carbonyl (C=O) groups is 1. The summed E-state index contributed by atoms with van der Waals surface area (Å²) in [5.41, 5.74) is 1.99. The van der Waals surface area contributed by atoms with Crippen LogP contribution in [-0.2, 0) is 17.8 Å². The minimum absolute atomic E-state index is 0.0531. The minimum Gasteiger partial charge on any atom is -0.352 e. The summed E-state index contributed by atoms with van der Waals surface area (Å²) in [6.07, 6.45) is 2.13. The molecule has 2 rings (SSSR count). The monoisotopic (exact) mass is 226 g/mol. The average molecular weight is 227 g/mol. The van der Waals surface area contributed by atoms with Crippen molar-refractivity contribution in [3.05, 3.63) is 28.0 Å². The van der Waals surface area contributed by atoms with Gasteiger partial charge in [0.15, 0.2) is 0 Å². The van der Waals surface area contributed by atoms with Crippen LogP contribution in [0, 0.1) is 0 Å². The van der Waals surface area contributed by atoms with Crippen molar-refractivity contribution in [2.24, 2.45) is 0 Å². The summed E-state index contributed by atoms with van der Waals surface area (Å²) in [5, 5.41) is 2.77. The summed E-state index contributed by atoms with van der Waals surface area (Å²) >= 11 is 3.33. The Morgan fingerprint density at radius 1 is 1.58 bits per heavy atom. The number of fused-ring (bicyclic) bond motifs is 1. The van der Waals surface area contributed by atoms with Gasteiger partial charge in [-0.25, -0.2) is 0 Å². The van der Waals surface area contributed by atoms with Crippen LogP contribution < -0.4 is 5.32 Å². The van der Waals surface area contributed by atoms with Gasteiger partial charge in [-0.2, -0.15) is 0 Å². The Labute approximate surface area is 78.3 Å². The van der Waals surface area contributed by atoms with E-state index in [-0.39, 0.29) is 5.91 Å². The molecule has 0 fully saturated rings. The van der Waals surface area contributed by atoms with Crippen molar-refractivity contribution in [2.45, 2.75) is 13.0 Å². The lowest BCUT2D eigenvalue weighted by Crippen LogP contribution is -2.30. The van der Waals surface area contributed by atoms with E-state index in [0.717, 1.165) is 15.7 Å². The third-order valence-electron chi connectivity index (χ3n) is 1.83. The van der Waals surface area contributed by atoms with Gasteiger partial charge in [0.25, 0.3) is 0 Å². The number of halogens is 1. The summed E-state index contributed by atoms with van der Waals surface area (Å²) in [5.74, 6) is 0.0531. The Kier molecular flexibility index (Phi) is 1.84. The van der Waals surface area contributed by atoms with Crippen molar-refractivity contribution in [3.63, 3.8) is 0 Å². The van der Waals surface area contributed by atoms with E-state index in [0.29, 0.717) is 13.0 Å². The summed E-state index contributed by atoms with van der Waals surface area (Å²) in [4.78, 5) is 15.1. The van der Waals surface area contributed by atoms with E-state index in [1.807, 2.05) is 6.07 Å². The van der Waals surface area contributed by atoms with E-state index < -0.39 is 0 Å². The first-order chi connectivity index (χ1) is 5.75. The van der Waals surface area contributed by atoms with Gasteiger partial charge in [-0.1, -0.05) is 0 Å². The van der Waals surface area contributed by atoms with Gasteiger partial charge in [0.05, 0.1) is 12.1 Å². The second-order valence-corrected chi connectivity index (χ2v) is 3.63. The normalized spacial score (nSPS) is 15.2. The highest BCUT2D eigenvalue weighted by Crippen LogP contribution is 2.16. The number of carbonyl (C=O) groups excluding carboxylic acids is 1. The lowest BCUT2D eigenvalue weighted by Gasteiger charge is -2.15. The van der Waals surface area contributed by atoms with Crippen molar-refractivity contribution >= 4 is 21.8 Å². The van der Waals surface area contributed by atoms with Crippen LogP contribution in [0.15, 0.2) is 16.7 Å². The van der Waals surface area contributed by atoms with Gasteiger partial charge in [-0.15, -0.1) is 0 Å². The third kappa shape index (κ3) is 1.34. The van der Waals surface area contributed by atoms with Crippen LogP contribution in [0.4, 0.5) is 0 Å². The zero-order valence-corrected chi connectivity index (χ0v) is 7.89. The highest BCUT2D eigenvalue weighted by Gasteiger charge is 2.15. The highest BCUT2D eigenvalue weighted by atomic mass is 79.9. The molecule has 0 spiro atoms. The smallest absolute Gasteiger partial charge is 0.226 e. The number of nitrogens with one attached hydrogen (secondary N) is 1. The number of aromatic nitrogens is 1. The van der Waals surface area contributed by atoms with E-state index >= 15 is 0 Å². The number of pyridine rings is 1. The number of hydrogen-bond donors (Lipinski definition) is 1. The molecule has 1 aromatic heterocycles. The van der Waals surface area contributed by atoms with Crippen LogP contribution in [0.3, 0.4) is 0 Å². The summed E-state index contributed by atoms with van der Waals surface area (Å²) in [6, 6.07) is 1.99. The van der Waals surface area contributed by atoms with Crippen molar-refractivity contribution < 1.29 is 4.79 Å². The van der Waals surface area contributed by atoms with Crippen molar-refractivity contribution in [2.75, 3.05) is 0 Å². The quantitative estimate of drug-likeness (QED) is 0.718. The molecule has 0 aliphatic carbocycles. The molecular formula is C8H7BrN2O. The third-order valence-corrected chi connectivity index (χ3v) is 2.26. The minimum atomic E-state index is 0.0531. The molecule has 0 aromatic carbocycles. The fourth-order valence-electron chi connectivity index (χ4n) is 1.23. The summed E-state index contributed by atoms with van der Waals surface area (Å²) in [6.45, 7) is 0.598. The van der Waals surface area contributed by atoms with Gasteiger partial charge in [0, 0.05) is 17.2 Å². The number of rotatable bonds is 0. The van der Waals surface area contributed by atoms with Gasteiger partial charge in [-0.05, 0) is 27.6 Å². The molecule has 0 unspecified atom stereocenters. The van der Waals surface area contributed by atoms with E-state index in [4.69, 9.17) is 0 Å². The Morgan fingerprint density at radius 2 is 2.42 bits per heavy atom. The Hall–Kier alpha value is -0.900. The van der Waals surface area contributed by atoms with Gasteiger partial charge < -0.3 is 5.32 Å². The van der Waals surface area contributed by atoms with Crippen LogP contribution in [0.25, 0.3) is 0 Å². The average Bonchev–Trinajstić information content (AvgIpc) is 2.05. The Morgan fingerprint density at radius 3 is 3.25 bits per heavy atom. The number of hydrogen-bond acceptors (Lipinski definition) is 2. The molecule has 2 heterocycles. The molecule has 0 saturated heterocycles. The van der Waals surface area contributed by atoms with Crippen molar-refractivity contribution in [1.82, 2.24) is 10.3 Å². The van der Waals surface area contributed by atoms with Crippen molar-refractivity contribution in [1.29, 1.82) is 0 Å². The maximum Gasteiger partial charge on any atom is 0.226 e. The molecule has 1 aliphatic heterocycles. The topological polar surface area (TPSA) is 42.0 Å². The highest BCUT2D eigenvalue weighted by molar-refractivity contribution is 9.10. The molecule has 4 heteroatoms. The predicted molar refractivity (Wildman–Crippen MR) is 47.5 cm³/mol. The molecule has 1 N–H and O–H groups in total. The van der Waals surface area contributed by atoms with Crippen LogP contribution in [0.2, 0.25) is 0 Å². The largest absolute Gasteiger partial charge is 0.352 e. The van der Waals surface area contributed by atoms with Gasteiger partial charge in [0.1, 0.15) is 0 Å². The molecule has 1 aliphatic rings. The number of nitrogens with zero attached hydrogens (tertiary/aromatic N) is 1. The molecule has 0 radical (unpaired) electrons. The van der Waals surface area contributed by atoms with Crippen LogP contribution in [0.1, 0.15) is 11.3 Å². The zero-order chi connectivity index (χ0) is 8.55. The van der Waals surface area contributed by atoms with Crippen LogP contribution in [0.5, 0.6) is 0 Å². The SMILES string of the molecule is O=C1Cc2ncc(Br)cc2CN1. The molecule has 0 atom stereocenters. The van der Waals surface area contributed by atoms with E-state index in [1.54, 1.807) is 6.20 Å². The zero-order valence-electron chi connectivity index (χ0n) is 6.30. The fourth-order valence-corrected chi connectivity index (χ4v) is 1.61.